The Balaban J connectivity index is 2.65. The van der Waals surface area contributed by atoms with Crippen LogP contribution in [0.5, 0.6) is 0 Å². The summed E-state index contributed by atoms with van der Waals surface area (Å²) in [6, 6.07) is 0. The van der Waals surface area contributed by atoms with E-state index in [1.165, 1.54) is 0 Å². The molecule has 7 heteroatoms. The molecule has 0 aromatic carbocycles. The van der Waals surface area contributed by atoms with E-state index in [-0.39, 0.29) is 6.61 Å². The van der Waals surface area contributed by atoms with Crippen molar-refractivity contribution in [2.75, 3.05) is 6.61 Å². The van der Waals surface area contributed by atoms with E-state index in [4.69, 9.17) is 15.3 Å². The summed E-state index contributed by atoms with van der Waals surface area (Å²) < 4.78 is 25.2. The lowest BCUT2D eigenvalue weighted by Crippen LogP contribution is -2.54. The fraction of sp³-hybridized carbons (Fsp3) is 1.00. The van der Waals surface area contributed by atoms with Crippen molar-refractivity contribution in [3.8, 4) is 0 Å². The van der Waals surface area contributed by atoms with Crippen molar-refractivity contribution in [2.45, 2.75) is 23.7 Å². The molecule has 3 N–H and O–H groups in total. The molecule has 0 saturated carbocycles. The summed E-state index contributed by atoms with van der Waals surface area (Å²) in [7, 11) is 0. The highest BCUT2D eigenvalue weighted by molar-refractivity contribution is 7.79. The van der Waals surface area contributed by atoms with Gasteiger partial charge >= 0.3 is 0 Å². The fourth-order valence-electron chi connectivity index (χ4n) is 0.949. The zero-order chi connectivity index (χ0) is 9.30. The van der Waals surface area contributed by atoms with Crippen LogP contribution in [0.1, 0.15) is 0 Å². The molecule has 0 aliphatic carbocycles. The molecule has 0 amide bonds. The van der Waals surface area contributed by atoms with Crippen LogP contribution in [0.15, 0.2) is 0 Å². The molecule has 0 radical (unpaired) electrons. The van der Waals surface area contributed by atoms with Gasteiger partial charge in [-0.1, -0.05) is 0 Å². The van der Waals surface area contributed by atoms with Gasteiger partial charge in [-0.2, -0.15) is 0 Å². The summed E-state index contributed by atoms with van der Waals surface area (Å²) in [6.07, 6.45) is -4.30. The molecule has 0 aromatic heterocycles. The summed E-state index contributed by atoms with van der Waals surface area (Å²) in [6.45, 7) is -0.295. The van der Waals surface area contributed by atoms with E-state index in [1.807, 2.05) is 0 Å². The first-order valence-corrected chi connectivity index (χ1v) is 4.41. The first-order chi connectivity index (χ1) is 5.54. The van der Waals surface area contributed by atoms with Gasteiger partial charge in [0, 0.05) is 0 Å². The monoisotopic (exact) mass is 197 g/mol. The first kappa shape index (κ1) is 10.0. The van der Waals surface area contributed by atoms with Gasteiger partial charge < -0.3 is 24.6 Å². The third-order valence-corrected chi connectivity index (χ3v) is 2.44. The highest BCUT2D eigenvalue weighted by Crippen LogP contribution is 2.16. The van der Waals surface area contributed by atoms with Gasteiger partial charge in [0.15, 0.2) is 0 Å². The molecule has 0 aromatic rings. The number of aliphatic hydroxyl groups is 3. The average Bonchev–Trinajstić information content (AvgIpc) is 2.00. The van der Waals surface area contributed by atoms with Crippen LogP contribution in [0.2, 0.25) is 0 Å². The molecule has 72 valence electrons. The van der Waals surface area contributed by atoms with E-state index in [9.17, 15) is 8.76 Å². The van der Waals surface area contributed by atoms with Gasteiger partial charge in [-0.25, -0.2) is 0 Å². The maximum absolute atomic E-state index is 10.3. The van der Waals surface area contributed by atoms with Crippen molar-refractivity contribution in [3.63, 3.8) is 0 Å². The maximum Gasteiger partial charge on any atom is 0.147 e. The summed E-state index contributed by atoms with van der Waals surface area (Å²) in [5.41, 5.74) is -1.46. The Kier molecular flexibility index (Phi) is 3.16. The van der Waals surface area contributed by atoms with E-state index in [0.29, 0.717) is 0 Å². The number of hydrogen-bond donors (Lipinski definition) is 3. The zero-order valence-electron chi connectivity index (χ0n) is 5.99. The van der Waals surface area contributed by atoms with Crippen LogP contribution in [-0.4, -0.2) is 54.4 Å². The number of rotatable bonds is 1. The van der Waals surface area contributed by atoms with Crippen LogP contribution in [0.4, 0.5) is 0 Å². The second-order valence-corrected chi connectivity index (χ2v) is 3.50. The maximum atomic E-state index is 10.3. The summed E-state index contributed by atoms with van der Waals surface area (Å²) in [5, 5.41) is 27.0. The molecular formula is C5H9O6S-. The lowest BCUT2D eigenvalue weighted by atomic mass is 10.1. The Morgan fingerprint density at radius 3 is 2.42 bits per heavy atom. The van der Waals surface area contributed by atoms with Gasteiger partial charge in [-0.15, -0.1) is 0 Å². The van der Waals surface area contributed by atoms with Crippen LogP contribution in [0.3, 0.4) is 0 Å². The van der Waals surface area contributed by atoms with Gasteiger partial charge in [0.05, 0.1) is 6.61 Å². The molecule has 1 fully saturated rings. The lowest BCUT2D eigenvalue weighted by molar-refractivity contribution is -0.163. The molecular weight excluding hydrogens is 188 g/mol. The minimum Gasteiger partial charge on any atom is -0.770 e. The largest absolute Gasteiger partial charge is 0.770 e. The van der Waals surface area contributed by atoms with Gasteiger partial charge in [-0.05, 0) is 11.1 Å². The van der Waals surface area contributed by atoms with E-state index in [1.54, 1.807) is 0 Å². The molecule has 1 saturated heterocycles. The molecule has 1 aliphatic rings. The summed E-state index contributed by atoms with van der Waals surface area (Å²) in [5.74, 6) is 0. The van der Waals surface area contributed by atoms with Crippen LogP contribution < -0.4 is 0 Å². The van der Waals surface area contributed by atoms with Crippen molar-refractivity contribution in [2.24, 2.45) is 0 Å². The molecule has 1 heterocycles. The van der Waals surface area contributed by atoms with Crippen molar-refractivity contribution in [1.29, 1.82) is 0 Å². The van der Waals surface area contributed by atoms with E-state index >= 15 is 0 Å². The van der Waals surface area contributed by atoms with E-state index < -0.39 is 34.8 Å². The highest BCUT2D eigenvalue weighted by atomic mass is 32.2. The quantitative estimate of drug-likeness (QED) is 0.395. The Hall–Kier alpha value is -0.0500. The summed E-state index contributed by atoms with van der Waals surface area (Å²) >= 11 is -2.61. The van der Waals surface area contributed by atoms with Crippen molar-refractivity contribution >= 4 is 11.1 Å². The van der Waals surface area contributed by atoms with Crippen LogP contribution in [-0.2, 0) is 15.8 Å². The smallest absolute Gasteiger partial charge is 0.147 e. The Morgan fingerprint density at radius 1 is 1.33 bits per heavy atom. The number of ether oxygens (including phenoxy) is 1. The molecule has 0 bridgehead atoms. The molecule has 6 nitrogen and oxygen atoms in total. The minimum atomic E-state index is -2.61. The minimum absolute atomic E-state index is 0.295. The Labute approximate surface area is 71.1 Å². The van der Waals surface area contributed by atoms with Crippen molar-refractivity contribution < 1.29 is 28.8 Å². The Morgan fingerprint density at radius 2 is 1.92 bits per heavy atom. The Bertz CT molecular complexity index is 185. The normalized spacial score (nSPS) is 45.7. The molecule has 12 heavy (non-hydrogen) atoms. The van der Waals surface area contributed by atoms with Crippen LogP contribution in [0, 0.1) is 0 Å². The highest BCUT2D eigenvalue weighted by Gasteiger charge is 2.37. The third-order valence-electron chi connectivity index (χ3n) is 1.64. The van der Waals surface area contributed by atoms with Crippen molar-refractivity contribution in [3.05, 3.63) is 0 Å². The first-order valence-electron chi connectivity index (χ1n) is 3.28. The predicted molar refractivity (Wildman–Crippen MR) is 36.7 cm³/mol. The molecule has 2 unspecified atom stereocenters. The van der Waals surface area contributed by atoms with Gasteiger partial charge in [-0.3, -0.25) is 4.21 Å². The second-order valence-electron chi connectivity index (χ2n) is 2.51. The zero-order valence-corrected chi connectivity index (χ0v) is 6.81. The topological polar surface area (TPSA) is 110 Å². The lowest BCUT2D eigenvalue weighted by Gasteiger charge is -2.35. The predicted octanol–water partition coefficient (Wildman–Crippen LogP) is -2.70. The van der Waals surface area contributed by atoms with E-state index in [0.717, 1.165) is 0 Å². The van der Waals surface area contributed by atoms with Crippen molar-refractivity contribution in [1.82, 2.24) is 0 Å². The number of aliphatic hydroxyl groups excluding tert-OH is 3. The third kappa shape index (κ3) is 1.82. The van der Waals surface area contributed by atoms with Crippen LogP contribution in [0.25, 0.3) is 0 Å². The molecule has 1 rings (SSSR count). The summed E-state index contributed by atoms with van der Waals surface area (Å²) in [4.78, 5) is 0. The van der Waals surface area contributed by atoms with Gasteiger partial charge in [0.25, 0.3) is 0 Å². The van der Waals surface area contributed by atoms with Gasteiger partial charge in [0.1, 0.15) is 23.7 Å². The van der Waals surface area contributed by atoms with Crippen LogP contribution >= 0.6 is 0 Å². The van der Waals surface area contributed by atoms with E-state index in [2.05, 4.69) is 4.74 Å². The fourth-order valence-corrected chi connectivity index (χ4v) is 1.53. The van der Waals surface area contributed by atoms with Gasteiger partial charge in [0.2, 0.25) is 0 Å². The average molecular weight is 197 g/mol. The standard InChI is InChI=1S/C5H10O6S/c6-2-1-11-5(12(9)10)4(8)3(2)7/h2-8H,1H2,(H,9,10)/p-1/t2-,3-,4+,5?/m1/s1. The second kappa shape index (κ2) is 3.77. The molecule has 1 aliphatic heterocycles. The number of hydrogen-bond acceptors (Lipinski definition) is 6. The SMILES string of the molecule is O=S([O-])C1OC[C@@H](O)[C@@H](O)[C@@H]1O. The molecule has 0 spiro atoms. The molecule has 5 atom stereocenters.